The van der Waals surface area contributed by atoms with Crippen molar-refractivity contribution in [1.82, 2.24) is 0 Å². The third-order valence-corrected chi connectivity index (χ3v) is 3.81. The minimum Gasteiger partial charge on any atom is -0.493 e. The molecule has 2 aromatic rings. The molecule has 124 valence electrons. The van der Waals surface area contributed by atoms with Gasteiger partial charge < -0.3 is 18.9 Å². The number of benzene rings is 2. The lowest BCUT2D eigenvalue weighted by Gasteiger charge is -2.11. The largest absolute Gasteiger partial charge is 0.493 e. The number of halogens is 1. The van der Waals surface area contributed by atoms with Crippen molar-refractivity contribution in [3.05, 3.63) is 52.6 Å². The quantitative estimate of drug-likeness (QED) is 0.605. The molecule has 0 saturated carbocycles. The van der Waals surface area contributed by atoms with Gasteiger partial charge in [0.1, 0.15) is 0 Å². The van der Waals surface area contributed by atoms with Crippen molar-refractivity contribution >= 4 is 23.5 Å². The van der Waals surface area contributed by atoms with Gasteiger partial charge in [-0.25, -0.2) is 0 Å². The van der Waals surface area contributed by atoms with Crippen LogP contribution in [0.5, 0.6) is 23.0 Å². The molecular formula is C18H15ClO5. The molecule has 6 heteroatoms. The van der Waals surface area contributed by atoms with Gasteiger partial charge in [-0.15, -0.1) is 0 Å². The summed E-state index contributed by atoms with van der Waals surface area (Å²) in [4.78, 5) is 12.3. The van der Waals surface area contributed by atoms with Gasteiger partial charge in [-0.1, -0.05) is 11.6 Å². The molecule has 0 atom stereocenters. The molecule has 3 rings (SSSR count). The van der Waals surface area contributed by atoms with E-state index >= 15 is 0 Å². The first-order valence-corrected chi connectivity index (χ1v) is 7.54. The first-order chi connectivity index (χ1) is 11.6. The van der Waals surface area contributed by atoms with E-state index in [1.165, 1.54) is 20.3 Å². The minimum absolute atomic E-state index is 0.0962. The lowest BCUT2D eigenvalue weighted by molar-refractivity contribution is 0.104. The third-order valence-electron chi connectivity index (χ3n) is 3.56. The zero-order chi connectivity index (χ0) is 17.1. The number of ketones is 1. The average Bonchev–Trinajstić information content (AvgIpc) is 3.08. The highest BCUT2D eigenvalue weighted by molar-refractivity contribution is 6.30. The van der Waals surface area contributed by atoms with E-state index < -0.39 is 0 Å². The highest BCUT2D eigenvalue weighted by atomic mass is 35.5. The molecule has 1 heterocycles. The summed E-state index contributed by atoms with van der Waals surface area (Å²) in [6, 6.07) is 8.43. The lowest BCUT2D eigenvalue weighted by atomic mass is 10.1. The van der Waals surface area contributed by atoms with Crippen LogP contribution in [0.2, 0.25) is 5.02 Å². The van der Waals surface area contributed by atoms with Crippen LogP contribution in [0.3, 0.4) is 0 Å². The third kappa shape index (κ3) is 3.03. The average molecular weight is 347 g/mol. The van der Waals surface area contributed by atoms with Gasteiger partial charge in [0.05, 0.1) is 14.2 Å². The lowest BCUT2D eigenvalue weighted by Crippen LogP contribution is -1.95. The van der Waals surface area contributed by atoms with Crippen molar-refractivity contribution < 1.29 is 23.7 Å². The molecule has 1 aliphatic heterocycles. The van der Waals surface area contributed by atoms with Gasteiger partial charge in [-0.2, -0.15) is 0 Å². The summed E-state index contributed by atoms with van der Waals surface area (Å²) in [6.45, 7) is 0.0962. The Labute approximate surface area is 144 Å². The maximum absolute atomic E-state index is 12.3. The van der Waals surface area contributed by atoms with Gasteiger partial charge in [0.15, 0.2) is 17.3 Å². The molecule has 24 heavy (non-hydrogen) atoms. The number of carbonyl (C=O) groups is 1. The maximum Gasteiger partial charge on any atom is 0.231 e. The van der Waals surface area contributed by atoms with Crippen LogP contribution >= 0.6 is 11.6 Å². The van der Waals surface area contributed by atoms with E-state index in [1.54, 1.807) is 36.4 Å². The van der Waals surface area contributed by atoms with Crippen LogP contribution in [0.1, 0.15) is 15.9 Å². The standard InChI is InChI=1S/C18H15ClO5/c1-21-15-9-12(16(22-2)18-17(15)23-10-24-18)5-8-14(20)11-3-6-13(19)7-4-11/h3-9H,10H2,1-2H3. The first-order valence-electron chi connectivity index (χ1n) is 7.16. The summed E-state index contributed by atoms with van der Waals surface area (Å²) < 4.78 is 21.5. The Balaban J connectivity index is 1.94. The van der Waals surface area contributed by atoms with E-state index in [0.29, 0.717) is 39.1 Å². The Kier molecular flexibility index (Phi) is 4.62. The molecule has 0 spiro atoms. The molecule has 2 aromatic carbocycles. The van der Waals surface area contributed by atoms with Crippen LogP contribution in [0, 0.1) is 0 Å². The predicted molar refractivity (Wildman–Crippen MR) is 90.5 cm³/mol. The van der Waals surface area contributed by atoms with Gasteiger partial charge >= 0.3 is 0 Å². The van der Waals surface area contributed by atoms with Gasteiger partial charge in [0.2, 0.25) is 18.3 Å². The van der Waals surface area contributed by atoms with Crippen LogP contribution in [-0.2, 0) is 0 Å². The summed E-state index contributed by atoms with van der Waals surface area (Å²) in [5.74, 6) is 1.82. The highest BCUT2D eigenvalue weighted by Gasteiger charge is 2.26. The Bertz CT molecular complexity index is 796. The number of allylic oxidation sites excluding steroid dienone is 1. The molecule has 0 amide bonds. The van der Waals surface area contributed by atoms with Gasteiger partial charge in [0.25, 0.3) is 0 Å². The highest BCUT2D eigenvalue weighted by Crippen LogP contribution is 2.49. The molecule has 0 radical (unpaired) electrons. The first kappa shape index (κ1) is 16.2. The smallest absolute Gasteiger partial charge is 0.231 e. The predicted octanol–water partition coefficient (Wildman–Crippen LogP) is 3.98. The Morgan fingerprint density at radius 2 is 1.83 bits per heavy atom. The number of ether oxygens (including phenoxy) is 4. The van der Waals surface area contributed by atoms with E-state index in [-0.39, 0.29) is 12.6 Å². The second-order valence-electron chi connectivity index (χ2n) is 4.97. The summed E-state index contributed by atoms with van der Waals surface area (Å²) in [7, 11) is 3.07. The fourth-order valence-electron chi connectivity index (χ4n) is 2.40. The monoisotopic (exact) mass is 346 g/mol. The summed E-state index contributed by atoms with van der Waals surface area (Å²) in [5.41, 5.74) is 1.20. The molecular weight excluding hydrogens is 332 g/mol. The van der Waals surface area contributed by atoms with Gasteiger partial charge in [-0.05, 0) is 42.5 Å². The molecule has 0 unspecified atom stereocenters. The molecule has 0 bridgehead atoms. The van der Waals surface area contributed by atoms with Crippen LogP contribution in [0.4, 0.5) is 0 Å². The molecule has 0 saturated heterocycles. The Morgan fingerprint density at radius 3 is 2.50 bits per heavy atom. The summed E-state index contributed by atoms with van der Waals surface area (Å²) in [6.07, 6.45) is 3.11. The number of carbonyl (C=O) groups excluding carboxylic acids is 1. The summed E-state index contributed by atoms with van der Waals surface area (Å²) in [5, 5.41) is 0.581. The van der Waals surface area contributed by atoms with E-state index in [0.717, 1.165) is 0 Å². The van der Waals surface area contributed by atoms with Gasteiger partial charge in [0, 0.05) is 16.1 Å². The fraction of sp³-hybridized carbons (Fsp3) is 0.167. The zero-order valence-electron chi connectivity index (χ0n) is 13.2. The Hall–Kier alpha value is -2.66. The number of hydrogen-bond acceptors (Lipinski definition) is 5. The summed E-state index contributed by atoms with van der Waals surface area (Å²) >= 11 is 5.83. The van der Waals surface area contributed by atoms with Gasteiger partial charge in [-0.3, -0.25) is 4.79 Å². The fourth-order valence-corrected chi connectivity index (χ4v) is 2.52. The number of methoxy groups -OCH3 is 2. The van der Waals surface area contributed by atoms with Crippen molar-refractivity contribution in [1.29, 1.82) is 0 Å². The SMILES string of the molecule is COc1cc(C=CC(=O)c2ccc(Cl)cc2)c(OC)c2c1OCO2. The van der Waals surface area contributed by atoms with Crippen molar-refractivity contribution in [2.24, 2.45) is 0 Å². The molecule has 5 nitrogen and oxygen atoms in total. The number of rotatable bonds is 5. The number of fused-ring (bicyclic) bond motifs is 1. The van der Waals surface area contributed by atoms with Crippen molar-refractivity contribution in [2.75, 3.05) is 21.0 Å². The van der Waals surface area contributed by atoms with E-state index in [1.807, 2.05) is 0 Å². The minimum atomic E-state index is -0.148. The van der Waals surface area contributed by atoms with Crippen LogP contribution < -0.4 is 18.9 Å². The van der Waals surface area contributed by atoms with Crippen LogP contribution in [0.25, 0.3) is 6.08 Å². The Morgan fingerprint density at radius 1 is 1.12 bits per heavy atom. The van der Waals surface area contributed by atoms with E-state index in [2.05, 4.69) is 0 Å². The molecule has 0 aromatic heterocycles. The van der Waals surface area contributed by atoms with Crippen LogP contribution in [0.15, 0.2) is 36.4 Å². The molecule has 1 aliphatic rings. The zero-order valence-corrected chi connectivity index (χ0v) is 13.9. The molecule has 0 N–H and O–H groups in total. The maximum atomic E-state index is 12.3. The van der Waals surface area contributed by atoms with Crippen molar-refractivity contribution in [2.45, 2.75) is 0 Å². The molecule has 0 aliphatic carbocycles. The topological polar surface area (TPSA) is 54.0 Å². The van der Waals surface area contributed by atoms with Crippen molar-refractivity contribution in [3.63, 3.8) is 0 Å². The second kappa shape index (κ2) is 6.84. The normalized spacial score (nSPS) is 12.5. The number of hydrogen-bond donors (Lipinski definition) is 0. The van der Waals surface area contributed by atoms with E-state index in [9.17, 15) is 4.79 Å². The van der Waals surface area contributed by atoms with Crippen molar-refractivity contribution in [3.8, 4) is 23.0 Å². The van der Waals surface area contributed by atoms with Crippen LogP contribution in [-0.4, -0.2) is 26.8 Å². The molecule has 0 fully saturated rings. The second-order valence-corrected chi connectivity index (χ2v) is 5.41. The van der Waals surface area contributed by atoms with E-state index in [4.69, 9.17) is 30.5 Å².